The molecule has 0 bridgehead atoms. The van der Waals surface area contributed by atoms with Crippen LogP contribution in [0.3, 0.4) is 0 Å². The lowest BCUT2D eigenvalue weighted by Crippen LogP contribution is -2.39. The Kier molecular flexibility index (Phi) is 5.86. The molecule has 0 amide bonds. The highest BCUT2D eigenvalue weighted by Gasteiger charge is 2.30. The number of phenols is 1. The van der Waals surface area contributed by atoms with Gasteiger partial charge in [-0.3, -0.25) is 4.79 Å². The SMILES string of the molecule is CC(C)(C)OC(=O)C(CO)C(N)Sc1ccccc1O. The van der Waals surface area contributed by atoms with Gasteiger partial charge in [0.2, 0.25) is 0 Å². The standard InChI is InChI=1S/C14H21NO4S/c1-14(2,3)19-13(18)9(8-16)12(15)20-11-7-5-4-6-10(11)17/h4-7,9,12,16-17H,8,15H2,1-3H3. The molecular weight excluding hydrogens is 278 g/mol. The molecule has 6 heteroatoms. The van der Waals surface area contributed by atoms with Crippen LogP contribution in [0.1, 0.15) is 20.8 Å². The van der Waals surface area contributed by atoms with Crippen LogP contribution in [0, 0.1) is 5.92 Å². The van der Waals surface area contributed by atoms with Crippen LogP contribution in [-0.4, -0.2) is 33.8 Å². The highest BCUT2D eigenvalue weighted by molar-refractivity contribution is 8.00. The molecule has 0 heterocycles. The largest absolute Gasteiger partial charge is 0.507 e. The number of phenolic OH excluding ortho intramolecular Hbond substituents is 1. The van der Waals surface area contributed by atoms with Crippen LogP contribution < -0.4 is 5.73 Å². The Balaban J connectivity index is 2.75. The molecule has 0 fully saturated rings. The minimum Gasteiger partial charge on any atom is -0.507 e. The van der Waals surface area contributed by atoms with E-state index < -0.39 is 29.5 Å². The summed E-state index contributed by atoms with van der Waals surface area (Å²) in [6, 6.07) is 6.69. The van der Waals surface area contributed by atoms with Gasteiger partial charge in [0, 0.05) is 0 Å². The van der Waals surface area contributed by atoms with Crippen molar-refractivity contribution in [2.24, 2.45) is 11.7 Å². The molecule has 112 valence electrons. The molecule has 0 aliphatic rings. The van der Waals surface area contributed by atoms with E-state index in [4.69, 9.17) is 10.5 Å². The Labute approximate surface area is 123 Å². The molecule has 2 atom stereocenters. The fraction of sp³-hybridized carbons (Fsp3) is 0.500. The number of aromatic hydroxyl groups is 1. The molecule has 0 saturated heterocycles. The molecule has 20 heavy (non-hydrogen) atoms. The third-order valence-electron chi connectivity index (χ3n) is 2.43. The Morgan fingerprint density at radius 2 is 2.00 bits per heavy atom. The van der Waals surface area contributed by atoms with E-state index >= 15 is 0 Å². The summed E-state index contributed by atoms with van der Waals surface area (Å²) in [5.41, 5.74) is 5.31. The first-order valence-corrected chi connectivity index (χ1v) is 7.16. The summed E-state index contributed by atoms with van der Waals surface area (Å²) < 4.78 is 5.23. The zero-order valence-corrected chi connectivity index (χ0v) is 12.7. The minimum atomic E-state index is -0.848. The van der Waals surface area contributed by atoms with Gasteiger partial charge in [-0.15, -0.1) is 11.8 Å². The van der Waals surface area contributed by atoms with Crippen LogP contribution in [-0.2, 0) is 9.53 Å². The third-order valence-corrected chi connectivity index (χ3v) is 3.63. The number of esters is 1. The first-order chi connectivity index (χ1) is 9.24. The zero-order valence-electron chi connectivity index (χ0n) is 11.9. The highest BCUT2D eigenvalue weighted by Crippen LogP contribution is 2.32. The van der Waals surface area contributed by atoms with E-state index in [0.29, 0.717) is 4.90 Å². The second-order valence-corrected chi connectivity index (χ2v) is 6.59. The number of rotatable bonds is 5. The first kappa shape index (κ1) is 16.8. The predicted molar refractivity (Wildman–Crippen MR) is 78.4 cm³/mol. The Morgan fingerprint density at radius 3 is 2.50 bits per heavy atom. The van der Waals surface area contributed by atoms with Crippen molar-refractivity contribution in [3.8, 4) is 5.75 Å². The molecule has 0 radical (unpaired) electrons. The lowest BCUT2D eigenvalue weighted by molar-refractivity contribution is -0.161. The number of aliphatic hydroxyl groups is 1. The molecule has 0 aromatic heterocycles. The second kappa shape index (κ2) is 6.97. The van der Waals surface area contributed by atoms with Crippen molar-refractivity contribution < 1.29 is 19.7 Å². The average Bonchev–Trinajstić information content (AvgIpc) is 2.30. The van der Waals surface area contributed by atoms with Crippen molar-refractivity contribution in [2.75, 3.05) is 6.61 Å². The number of hydrogen-bond donors (Lipinski definition) is 3. The van der Waals surface area contributed by atoms with Crippen LogP contribution in [0.5, 0.6) is 5.75 Å². The normalized spacial score (nSPS) is 14.7. The van der Waals surface area contributed by atoms with Gasteiger partial charge in [0.25, 0.3) is 0 Å². The number of para-hydroxylation sites is 1. The number of carbonyl (C=O) groups is 1. The maximum atomic E-state index is 12.0. The molecule has 2 unspecified atom stereocenters. The van der Waals surface area contributed by atoms with Gasteiger partial charge in [0.1, 0.15) is 17.3 Å². The van der Waals surface area contributed by atoms with Crippen molar-refractivity contribution in [3.05, 3.63) is 24.3 Å². The van der Waals surface area contributed by atoms with Crippen LogP contribution in [0.25, 0.3) is 0 Å². The molecule has 0 aliphatic heterocycles. The lowest BCUT2D eigenvalue weighted by atomic mass is 10.1. The van der Waals surface area contributed by atoms with E-state index in [-0.39, 0.29) is 5.75 Å². The molecule has 0 saturated carbocycles. The average molecular weight is 299 g/mol. The highest BCUT2D eigenvalue weighted by atomic mass is 32.2. The van der Waals surface area contributed by atoms with Crippen LogP contribution in [0.15, 0.2) is 29.2 Å². The quantitative estimate of drug-likeness (QED) is 0.435. The number of nitrogens with two attached hydrogens (primary N) is 1. The number of hydrogen-bond acceptors (Lipinski definition) is 6. The summed E-state index contributed by atoms with van der Waals surface area (Å²) in [5, 5.41) is 18.3. The minimum absolute atomic E-state index is 0.0915. The number of benzene rings is 1. The van der Waals surface area contributed by atoms with Crippen LogP contribution in [0.2, 0.25) is 0 Å². The Morgan fingerprint density at radius 1 is 1.40 bits per heavy atom. The van der Waals surface area contributed by atoms with Gasteiger partial charge in [0.05, 0.1) is 16.9 Å². The topological polar surface area (TPSA) is 92.8 Å². The van der Waals surface area contributed by atoms with E-state index in [2.05, 4.69) is 0 Å². The first-order valence-electron chi connectivity index (χ1n) is 6.28. The fourth-order valence-electron chi connectivity index (χ4n) is 1.48. The maximum absolute atomic E-state index is 12.0. The van der Waals surface area contributed by atoms with Crippen molar-refractivity contribution >= 4 is 17.7 Å². The van der Waals surface area contributed by atoms with Gasteiger partial charge in [-0.2, -0.15) is 0 Å². The van der Waals surface area contributed by atoms with Crippen molar-refractivity contribution in [1.29, 1.82) is 0 Å². The predicted octanol–water partition coefficient (Wildman–Crippen LogP) is 1.72. The molecule has 1 aromatic carbocycles. The molecule has 5 nitrogen and oxygen atoms in total. The summed E-state index contributed by atoms with van der Waals surface area (Å²) >= 11 is 1.12. The van der Waals surface area contributed by atoms with Gasteiger partial charge < -0.3 is 20.7 Å². The van der Waals surface area contributed by atoms with Crippen molar-refractivity contribution in [2.45, 2.75) is 36.6 Å². The summed E-state index contributed by atoms with van der Waals surface area (Å²) in [6.45, 7) is 4.85. The summed E-state index contributed by atoms with van der Waals surface area (Å²) in [7, 11) is 0. The maximum Gasteiger partial charge on any atom is 0.314 e. The number of thioether (sulfide) groups is 1. The van der Waals surface area contributed by atoms with E-state index in [9.17, 15) is 15.0 Å². The molecule has 1 rings (SSSR count). The van der Waals surface area contributed by atoms with Crippen molar-refractivity contribution in [3.63, 3.8) is 0 Å². The Bertz CT molecular complexity index is 459. The summed E-state index contributed by atoms with van der Waals surface area (Å²) in [5.74, 6) is -1.30. The van der Waals surface area contributed by atoms with Gasteiger partial charge >= 0.3 is 5.97 Å². The molecule has 1 aromatic rings. The third kappa shape index (κ3) is 5.03. The molecule has 0 aliphatic carbocycles. The summed E-state index contributed by atoms with van der Waals surface area (Å²) in [4.78, 5) is 12.5. The Hall–Kier alpha value is -1.24. The van der Waals surface area contributed by atoms with Gasteiger partial charge in [-0.1, -0.05) is 12.1 Å². The summed E-state index contributed by atoms with van der Waals surface area (Å²) in [6.07, 6.45) is 0. The number of carbonyl (C=O) groups excluding carboxylic acids is 1. The van der Waals surface area contributed by atoms with E-state index in [0.717, 1.165) is 11.8 Å². The van der Waals surface area contributed by atoms with E-state index in [1.807, 2.05) is 0 Å². The smallest absolute Gasteiger partial charge is 0.314 e. The second-order valence-electron chi connectivity index (χ2n) is 5.37. The van der Waals surface area contributed by atoms with E-state index in [1.165, 1.54) is 6.07 Å². The van der Waals surface area contributed by atoms with Crippen LogP contribution in [0.4, 0.5) is 0 Å². The zero-order chi connectivity index (χ0) is 15.3. The molecule has 4 N–H and O–H groups in total. The fourth-order valence-corrected chi connectivity index (χ4v) is 2.48. The number of ether oxygens (including phenoxy) is 1. The monoisotopic (exact) mass is 299 g/mol. The molecule has 0 spiro atoms. The van der Waals surface area contributed by atoms with Gasteiger partial charge in [0.15, 0.2) is 0 Å². The lowest BCUT2D eigenvalue weighted by Gasteiger charge is -2.26. The van der Waals surface area contributed by atoms with Crippen LogP contribution >= 0.6 is 11.8 Å². The number of aliphatic hydroxyl groups excluding tert-OH is 1. The van der Waals surface area contributed by atoms with Gasteiger partial charge in [-0.05, 0) is 32.9 Å². The van der Waals surface area contributed by atoms with Gasteiger partial charge in [-0.25, -0.2) is 0 Å². The van der Waals surface area contributed by atoms with Crippen molar-refractivity contribution in [1.82, 2.24) is 0 Å². The van der Waals surface area contributed by atoms with E-state index in [1.54, 1.807) is 39.0 Å². The molecular formula is C14H21NO4S.